The van der Waals surface area contributed by atoms with E-state index in [1.54, 1.807) is 17.8 Å². The van der Waals surface area contributed by atoms with Gasteiger partial charge < -0.3 is 9.47 Å². The fourth-order valence-electron chi connectivity index (χ4n) is 2.39. The predicted molar refractivity (Wildman–Crippen MR) is 93.6 cm³/mol. The smallest absolute Gasteiger partial charge is 0.341 e. The molecule has 0 aliphatic rings. The molecule has 0 radical (unpaired) electrons. The van der Waals surface area contributed by atoms with Crippen LogP contribution in [0.15, 0.2) is 48.9 Å². The summed E-state index contributed by atoms with van der Waals surface area (Å²) in [4.78, 5) is 23.6. The highest BCUT2D eigenvalue weighted by atomic mass is 16.5. The summed E-state index contributed by atoms with van der Waals surface area (Å²) in [6, 6.07) is 9.81. The van der Waals surface area contributed by atoms with Crippen LogP contribution < -0.4 is 0 Å². The molecule has 2 heterocycles. The van der Waals surface area contributed by atoms with Crippen LogP contribution in [0.2, 0.25) is 0 Å². The summed E-state index contributed by atoms with van der Waals surface area (Å²) in [5.41, 5.74) is 1.86. The number of rotatable bonds is 7. The van der Waals surface area contributed by atoms with E-state index in [1.165, 1.54) is 24.2 Å². The van der Waals surface area contributed by atoms with Gasteiger partial charge in [0.2, 0.25) is 0 Å². The number of aromatic nitrogens is 5. The van der Waals surface area contributed by atoms with Crippen LogP contribution in [0.25, 0.3) is 0 Å². The molecule has 0 N–H and O–H groups in total. The van der Waals surface area contributed by atoms with E-state index in [4.69, 9.17) is 4.74 Å². The third kappa shape index (κ3) is 4.78. The molecule has 0 aliphatic carbocycles. The first-order valence-corrected chi connectivity index (χ1v) is 8.29. The van der Waals surface area contributed by atoms with Crippen molar-refractivity contribution < 1.29 is 19.1 Å². The molecule has 0 saturated heterocycles. The summed E-state index contributed by atoms with van der Waals surface area (Å²) in [5, 5.41) is 11.9. The van der Waals surface area contributed by atoms with Gasteiger partial charge in [-0.15, -0.1) is 5.10 Å². The van der Waals surface area contributed by atoms with Crippen LogP contribution >= 0.6 is 0 Å². The van der Waals surface area contributed by atoms with E-state index in [1.807, 2.05) is 30.3 Å². The summed E-state index contributed by atoms with van der Waals surface area (Å²) < 4.78 is 13.0. The molecule has 9 heteroatoms. The van der Waals surface area contributed by atoms with Crippen molar-refractivity contribution in [3.05, 3.63) is 65.7 Å². The zero-order valence-corrected chi connectivity index (χ0v) is 15.0. The Labute approximate surface area is 155 Å². The first-order valence-electron chi connectivity index (χ1n) is 8.29. The van der Waals surface area contributed by atoms with E-state index >= 15 is 0 Å². The van der Waals surface area contributed by atoms with Crippen LogP contribution in [0.4, 0.5) is 0 Å². The molecule has 1 atom stereocenters. The van der Waals surface area contributed by atoms with Gasteiger partial charge in [-0.1, -0.05) is 35.5 Å². The fraction of sp³-hybridized carbons (Fsp3) is 0.278. The van der Waals surface area contributed by atoms with Gasteiger partial charge in [-0.3, -0.25) is 9.48 Å². The third-order valence-electron chi connectivity index (χ3n) is 3.83. The summed E-state index contributed by atoms with van der Waals surface area (Å²) in [6.45, 7) is 2.18. The largest absolute Gasteiger partial charge is 0.468 e. The molecule has 0 unspecified atom stereocenters. The Hall–Kier alpha value is -3.49. The molecule has 0 amide bonds. The zero-order valence-electron chi connectivity index (χ0n) is 15.0. The Morgan fingerprint density at radius 3 is 2.67 bits per heavy atom. The molecule has 0 fully saturated rings. The van der Waals surface area contributed by atoms with Crippen molar-refractivity contribution >= 4 is 11.9 Å². The maximum absolute atomic E-state index is 12.3. The minimum Gasteiger partial charge on any atom is -0.468 e. The normalized spacial score (nSPS) is 11.8. The Balaban J connectivity index is 1.59. The number of carbonyl (C=O) groups is 2. The van der Waals surface area contributed by atoms with E-state index in [9.17, 15) is 9.59 Å². The molecule has 9 nitrogen and oxygen atoms in total. The summed E-state index contributed by atoms with van der Waals surface area (Å²) in [7, 11) is 1.29. The second-order valence-electron chi connectivity index (χ2n) is 5.88. The van der Waals surface area contributed by atoms with E-state index < -0.39 is 18.0 Å². The number of methoxy groups -OCH3 is 1. The lowest BCUT2D eigenvalue weighted by Gasteiger charge is -2.09. The average Bonchev–Trinajstić information content (AvgIpc) is 3.32. The van der Waals surface area contributed by atoms with Gasteiger partial charge in [-0.25, -0.2) is 9.48 Å². The Bertz CT molecular complexity index is 919. The van der Waals surface area contributed by atoms with Crippen LogP contribution in [0.3, 0.4) is 0 Å². The standard InChI is InChI=1S/C18H19N5O4/c1-13(16-11-23(21-20-16)12-17(24)26-2)27-18(25)15-8-19-22(10-15)9-14-6-4-3-5-7-14/h3-8,10-11,13H,9,12H2,1-2H3/t13-/m1/s1. The summed E-state index contributed by atoms with van der Waals surface area (Å²) >= 11 is 0. The minimum atomic E-state index is -0.624. The molecule has 3 rings (SSSR count). The SMILES string of the molecule is COC(=O)Cn1cc([C@@H](C)OC(=O)c2cnn(Cc3ccccc3)c2)nn1. The highest BCUT2D eigenvalue weighted by molar-refractivity contribution is 5.88. The third-order valence-corrected chi connectivity index (χ3v) is 3.83. The van der Waals surface area contributed by atoms with Gasteiger partial charge in [0.15, 0.2) is 0 Å². The topological polar surface area (TPSA) is 101 Å². The maximum Gasteiger partial charge on any atom is 0.341 e. The first kappa shape index (κ1) is 18.3. The van der Waals surface area contributed by atoms with Crippen LogP contribution in [-0.2, 0) is 27.4 Å². The number of hydrogen-bond acceptors (Lipinski definition) is 7. The van der Waals surface area contributed by atoms with E-state index in [0.29, 0.717) is 17.8 Å². The van der Waals surface area contributed by atoms with Crippen molar-refractivity contribution in [1.82, 2.24) is 24.8 Å². The van der Waals surface area contributed by atoms with Crippen molar-refractivity contribution in [2.24, 2.45) is 0 Å². The average molecular weight is 369 g/mol. The second-order valence-corrected chi connectivity index (χ2v) is 5.88. The van der Waals surface area contributed by atoms with Gasteiger partial charge in [-0.2, -0.15) is 5.10 Å². The second kappa shape index (κ2) is 8.26. The monoisotopic (exact) mass is 369 g/mol. The fourth-order valence-corrected chi connectivity index (χ4v) is 2.39. The van der Waals surface area contributed by atoms with Crippen molar-refractivity contribution in [3.63, 3.8) is 0 Å². The van der Waals surface area contributed by atoms with E-state index in [2.05, 4.69) is 20.1 Å². The molecule has 2 aromatic heterocycles. The maximum atomic E-state index is 12.3. The number of hydrogen-bond donors (Lipinski definition) is 0. The van der Waals surface area contributed by atoms with Crippen molar-refractivity contribution in [2.75, 3.05) is 7.11 Å². The number of carbonyl (C=O) groups excluding carboxylic acids is 2. The quantitative estimate of drug-likeness (QED) is 0.583. The highest BCUT2D eigenvalue weighted by Crippen LogP contribution is 2.16. The Morgan fingerprint density at radius 1 is 1.15 bits per heavy atom. The van der Waals surface area contributed by atoms with Gasteiger partial charge in [0.1, 0.15) is 18.3 Å². The summed E-state index contributed by atoms with van der Waals surface area (Å²) in [5.74, 6) is -0.953. The molecule has 0 bridgehead atoms. The van der Waals surface area contributed by atoms with Gasteiger partial charge in [0.05, 0.1) is 31.6 Å². The number of ether oxygens (including phenoxy) is 2. The number of benzene rings is 1. The van der Waals surface area contributed by atoms with Crippen LogP contribution in [0, 0.1) is 0 Å². The Kier molecular flexibility index (Phi) is 5.60. The zero-order chi connectivity index (χ0) is 19.2. The van der Waals surface area contributed by atoms with Gasteiger partial charge in [0, 0.05) is 6.20 Å². The lowest BCUT2D eigenvalue weighted by Crippen LogP contribution is -2.12. The molecule has 27 heavy (non-hydrogen) atoms. The van der Waals surface area contributed by atoms with Gasteiger partial charge >= 0.3 is 11.9 Å². The first-order chi connectivity index (χ1) is 13.0. The molecule has 3 aromatic rings. The molecule has 0 spiro atoms. The minimum absolute atomic E-state index is 0.0591. The predicted octanol–water partition coefficient (Wildman–Crippen LogP) is 1.61. The van der Waals surface area contributed by atoms with E-state index in [-0.39, 0.29) is 6.54 Å². The highest BCUT2D eigenvalue weighted by Gasteiger charge is 2.18. The van der Waals surface area contributed by atoms with Crippen molar-refractivity contribution in [3.8, 4) is 0 Å². The number of nitrogens with zero attached hydrogens (tertiary/aromatic N) is 5. The van der Waals surface area contributed by atoms with Gasteiger partial charge in [-0.05, 0) is 12.5 Å². The lowest BCUT2D eigenvalue weighted by atomic mass is 10.2. The molecular weight excluding hydrogens is 350 g/mol. The molecule has 0 saturated carbocycles. The van der Waals surface area contributed by atoms with E-state index in [0.717, 1.165) is 5.56 Å². The number of esters is 2. The lowest BCUT2D eigenvalue weighted by molar-refractivity contribution is -0.141. The molecule has 0 aliphatic heterocycles. The van der Waals surface area contributed by atoms with Crippen LogP contribution in [0.5, 0.6) is 0 Å². The Morgan fingerprint density at radius 2 is 1.93 bits per heavy atom. The molecule has 1 aromatic carbocycles. The van der Waals surface area contributed by atoms with Crippen molar-refractivity contribution in [2.45, 2.75) is 26.1 Å². The molecular formula is C18H19N5O4. The van der Waals surface area contributed by atoms with Crippen LogP contribution in [0.1, 0.15) is 34.6 Å². The van der Waals surface area contributed by atoms with Crippen LogP contribution in [-0.4, -0.2) is 43.8 Å². The van der Waals surface area contributed by atoms with Crippen molar-refractivity contribution in [1.29, 1.82) is 0 Å². The van der Waals surface area contributed by atoms with Gasteiger partial charge in [0.25, 0.3) is 0 Å². The molecule has 140 valence electrons. The summed E-state index contributed by atoms with van der Waals surface area (Å²) in [6.07, 6.45) is 4.01.